The molecule has 0 aliphatic carbocycles. The van der Waals surface area contributed by atoms with Crippen LogP contribution < -0.4 is 5.46 Å². The van der Waals surface area contributed by atoms with Crippen molar-refractivity contribution in [2.24, 2.45) is 17.3 Å². The summed E-state index contributed by atoms with van der Waals surface area (Å²) < 4.78 is 31.8. The highest BCUT2D eigenvalue weighted by atomic mass is 16.8. The monoisotopic (exact) mass is 604 g/mol. The summed E-state index contributed by atoms with van der Waals surface area (Å²) in [6.07, 6.45) is -0.884. The summed E-state index contributed by atoms with van der Waals surface area (Å²) in [7, 11) is 5.96. The van der Waals surface area contributed by atoms with Gasteiger partial charge in [-0.25, -0.2) is 0 Å². The number of Topliss-reactive ketones (excluding diaryl/α,β-unsaturated/α-hetero) is 1. The molecule has 3 saturated heterocycles. The van der Waals surface area contributed by atoms with Crippen LogP contribution in [0.15, 0.2) is 24.3 Å². The molecule has 3 aliphatic rings. The van der Waals surface area contributed by atoms with Gasteiger partial charge < -0.3 is 38.6 Å². The predicted octanol–water partition coefficient (Wildman–Crippen LogP) is 1.35. The molecular formula is C31H49BN2O9. The zero-order valence-corrected chi connectivity index (χ0v) is 27.0. The lowest BCUT2D eigenvalue weighted by molar-refractivity contribution is -0.424. The van der Waals surface area contributed by atoms with Gasteiger partial charge in [-0.15, -0.1) is 0 Å². The zero-order valence-electron chi connectivity index (χ0n) is 27.0. The summed E-state index contributed by atoms with van der Waals surface area (Å²) in [5, 5.41) is 19.1. The average Bonchev–Trinajstić information content (AvgIpc) is 2.95. The predicted molar refractivity (Wildman–Crippen MR) is 160 cm³/mol. The normalized spacial score (nSPS) is 37.8. The van der Waals surface area contributed by atoms with Crippen LogP contribution in [0, 0.1) is 17.3 Å². The molecule has 0 radical (unpaired) electrons. The molecule has 240 valence electrons. The summed E-state index contributed by atoms with van der Waals surface area (Å²) in [5.41, 5.74) is -0.277. The van der Waals surface area contributed by atoms with Crippen LogP contribution in [-0.2, 0) is 33.3 Å². The van der Waals surface area contributed by atoms with Gasteiger partial charge in [0.05, 0.1) is 12.1 Å². The van der Waals surface area contributed by atoms with E-state index in [0.717, 1.165) is 12.0 Å². The molecule has 0 saturated carbocycles. The number of hydrogen-bond donors (Lipinski definition) is 2. The van der Waals surface area contributed by atoms with Gasteiger partial charge in [0.15, 0.2) is 17.9 Å². The van der Waals surface area contributed by atoms with Crippen LogP contribution in [0.1, 0.15) is 59.1 Å². The molecule has 43 heavy (non-hydrogen) atoms. The van der Waals surface area contributed by atoms with Gasteiger partial charge in [0.2, 0.25) is 0 Å². The Morgan fingerprint density at radius 3 is 2.30 bits per heavy atom. The number of ether oxygens (including phenoxy) is 5. The number of cyclic esters (lactones) is 1. The minimum atomic E-state index is -1.58. The van der Waals surface area contributed by atoms with Crippen molar-refractivity contribution < 1.29 is 43.3 Å². The van der Waals surface area contributed by atoms with Gasteiger partial charge in [0.25, 0.3) is 0 Å². The molecule has 0 aromatic heterocycles. The number of fused-ring (bicyclic) bond motifs is 2. The number of likely N-dealkylation sites (N-methyl/N-ethyl adjacent to an activating group) is 2. The highest BCUT2D eigenvalue weighted by molar-refractivity contribution is 6.58. The zero-order chi connectivity index (χ0) is 31.9. The minimum absolute atomic E-state index is 0.00152. The Morgan fingerprint density at radius 2 is 1.72 bits per heavy atom. The van der Waals surface area contributed by atoms with E-state index in [1.807, 2.05) is 28.1 Å². The fraction of sp³-hybridized carbons (Fsp3) is 0.742. The molecule has 1 aromatic rings. The van der Waals surface area contributed by atoms with Crippen molar-refractivity contribution in [2.45, 2.75) is 89.9 Å². The number of hydrogen-bond acceptors (Lipinski definition) is 11. The molecule has 3 heterocycles. The SMILES string of the molecule is CO[C@]12C[C@@H](C)CN(C)[C@H](c3ccc(B(O)O)cc3)COC(=O)C(C)(C)C(=O)[C@H](C)[C@H]1O[C@@H]1O[C@H](C)C[C@H](N(C)C)[C@H]1O2. The number of rotatable bonds is 4. The molecule has 2 N–H and O–H groups in total. The Kier molecular flexibility index (Phi) is 10.5. The maximum absolute atomic E-state index is 14.1. The van der Waals surface area contributed by atoms with E-state index in [1.54, 1.807) is 52.1 Å². The van der Waals surface area contributed by atoms with Gasteiger partial charge in [-0.1, -0.05) is 38.1 Å². The molecule has 3 fully saturated rings. The number of ketones is 1. The van der Waals surface area contributed by atoms with Crippen LogP contribution in [-0.4, -0.2) is 117 Å². The van der Waals surface area contributed by atoms with Crippen LogP contribution >= 0.6 is 0 Å². The molecule has 12 heteroatoms. The summed E-state index contributed by atoms with van der Waals surface area (Å²) >= 11 is 0. The number of benzene rings is 1. The Hall–Kier alpha value is -1.90. The van der Waals surface area contributed by atoms with Crippen molar-refractivity contribution in [3.63, 3.8) is 0 Å². The topological polar surface area (TPSA) is 127 Å². The highest BCUT2D eigenvalue weighted by Crippen LogP contribution is 2.45. The van der Waals surface area contributed by atoms with Gasteiger partial charge in [-0.2, -0.15) is 0 Å². The van der Waals surface area contributed by atoms with Crippen LogP contribution in [0.5, 0.6) is 0 Å². The molecule has 0 spiro atoms. The van der Waals surface area contributed by atoms with E-state index in [4.69, 9.17) is 23.7 Å². The van der Waals surface area contributed by atoms with E-state index in [9.17, 15) is 19.6 Å². The first-order valence-corrected chi connectivity index (χ1v) is 15.2. The average molecular weight is 605 g/mol. The molecule has 11 nitrogen and oxygen atoms in total. The first kappa shape index (κ1) is 34.0. The Morgan fingerprint density at radius 1 is 1.07 bits per heavy atom. The maximum atomic E-state index is 14.1. The largest absolute Gasteiger partial charge is 0.488 e. The lowest BCUT2D eigenvalue weighted by atomic mass is 9.76. The minimum Gasteiger partial charge on any atom is -0.463 e. The number of nitrogens with zero attached hydrogens (tertiary/aromatic N) is 2. The van der Waals surface area contributed by atoms with Gasteiger partial charge in [0.1, 0.15) is 24.2 Å². The summed E-state index contributed by atoms with van der Waals surface area (Å²) in [6.45, 7) is 9.60. The standard InChI is InChI=1S/C31H49BN2O9/c1-18-15-31(39-9)27(42-28-25(43-31)23(33(6)7)14-19(2)41-28)20(3)26(35)30(4,5)29(36)40-17-24(34(8)16-18)21-10-12-22(13-11-21)32(37)38/h10-13,18-20,23-25,27-28,37-38H,14-17H2,1-9H3/t18-,19-,20+,23+,24+,25-,27-,28+,31+/m1/s1. The van der Waals surface area contributed by atoms with Crippen molar-refractivity contribution >= 4 is 24.3 Å². The van der Waals surface area contributed by atoms with E-state index >= 15 is 0 Å². The molecule has 3 aliphatic heterocycles. The van der Waals surface area contributed by atoms with Crippen molar-refractivity contribution in [3.8, 4) is 0 Å². The van der Waals surface area contributed by atoms with Crippen molar-refractivity contribution in [1.82, 2.24) is 9.80 Å². The first-order valence-electron chi connectivity index (χ1n) is 15.2. The van der Waals surface area contributed by atoms with E-state index in [-0.39, 0.29) is 36.5 Å². The van der Waals surface area contributed by atoms with Crippen LogP contribution in [0.3, 0.4) is 0 Å². The Labute approximate surface area is 255 Å². The fourth-order valence-corrected chi connectivity index (χ4v) is 6.90. The molecule has 1 aromatic carbocycles. The lowest BCUT2D eigenvalue weighted by Crippen LogP contribution is -2.69. The van der Waals surface area contributed by atoms with Crippen molar-refractivity contribution in [2.75, 3.05) is 41.4 Å². The number of carbonyl (C=O) groups is 2. The highest BCUT2D eigenvalue weighted by Gasteiger charge is 2.59. The second-order valence-electron chi connectivity index (χ2n) is 13.4. The van der Waals surface area contributed by atoms with E-state index in [0.29, 0.717) is 18.4 Å². The molecule has 0 unspecified atom stereocenters. The third-order valence-corrected chi connectivity index (χ3v) is 9.40. The van der Waals surface area contributed by atoms with Gasteiger partial charge >= 0.3 is 13.1 Å². The Bertz CT molecular complexity index is 1130. The summed E-state index contributed by atoms with van der Waals surface area (Å²) in [6, 6.07) is 6.51. The van der Waals surface area contributed by atoms with Gasteiger partial charge in [-0.3, -0.25) is 14.5 Å². The molecule has 9 atom stereocenters. The third-order valence-electron chi connectivity index (χ3n) is 9.40. The Balaban J connectivity index is 1.74. The lowest BCUT2D eigenvalue weighted by Gasteiger charge is -2.55. The molecule has 0 bridgehead atoms. The van der Waals surface area contributed by atoms with Gasteiger partial charge in [0, 0.05) is 32.0 Å². The van der Waals surface area contributed by atoms with Crippen LogP contribution in [0.4, 0.5) is 0 Å². The molecule has 4 rings (SSSR count). The van der Waals surface area contributed by atoms with Crippen molar-refractivity contribution in [1.29, 1.82) is 0 Å². The van der Waals surface area contributed by atoms with E-state index in [2.05, 4.69) is 16.7 Å². The maximum Gasteiger partial charge on any atom is 0.488 e. The summed E-state index contributed by atoms with van der Waals surface area (Å²) in [4.78, 5) is 31.8. The number of esters is 1. The van der Waals surface area contributed by atoms with Crippen LogP contribution in [0.2, 0.25) is 0 Å². The smallest absolute Gasteiger partial charge is 0.463 e. The second-order valence-corrected chi connectivity index (χ2v) is 13.4. The first-order chi connectivity index (χ1) is 20.1. The fourth-order valence-electron chi connectivity index (χ4n) is 6.90. The molecular weight excluding hydrogens is 555 g/mol. The second kappa shape index (κ2) is 13.2. The van der Waals surface area contributed by atoms with E-state index in [1.165, 1.54) is 0 Å². The van der Waals surface area contributed by atoms with Gasteiger partial charge in [-0.05, 0) is 65.3 Å². The van der Waals surface area contributed by atoms with Crippen molar-refractivity contribution in [3.05, 3.63) is 29.8 Å². The van der Waals surface area contributed by atoms with Crippen LogP contribution in [0.25, 0.3) is 0 Å². The molecule has 0 amide bonds. The summed E-state index contributed by atoms with van der Waals surface area (Å²) in [5.74, 6) is -3.03. The van der Waals surface area contributed by atoms with E-state index < -0.39 is 48.7 Å². The quantitative estimate of drug-likeness (QED) is 0.294. The number of methoxy groups -OCH3 is 1. The number of carbonyl (C=O) groups excluding carboxylic acids is 2. The third kappa shape index (κ3) is 6.86.